The van der Waals surface area contributed by atoms with Crippen LogP contribution in [0.2, 0.25) is 0 Å². The van der Waals surface area contributed by atoms with Crippen LogP contribution < -0.4 is 0 Å². The molecular weight excluding hydrogens is 424 g/mol. The summed E-state index contributed by atoms with van der Waals surface area (Å²) in [6.07, 6.45) is 10.3. The van der Waals surface area contributed by atoms with Crippen LogP contribution in [0.3, 0.4) is 0 Å². The van der Waals surface area contributed by atoms with E-state index < -0.39 is 11.7 Å². The molecular formula is C30H48O4. The fraction of sp³-hybridized carbons (Fsp3) is 0.833. The first kappa shape index (κ1) is 26.1. The van der Waals surface area contributed by atoms with Gasteiger partial charge >= 0.3 is 0 Å². The molecule has 0 heterocycles. The van der Waals surface area contributed by atoms with Gasteiger partial charge in [-0.15, -0.1) is 0 Å². The van der Waals surface area contributed by atoms with Crippen LogP contribution >= 0.6 is 0 Å². The number of ketones is 1. The molecule has 0 aromatic rings. The number of aliphatic hydroxyl groups is 3. The van der Waals surface area contributed by atoms with Crippen molar-refractivity contribution in [3.63, 3.8) is 0 Å². The van der Waals surface area contributed by atoms with Crippen molar-refractivity contribution in [1.82, 2.24) is 0 Å². The van der Waals surface area contributed by atoms with Crippen molar-refractivity contribution in [2.45, 2.75) is 112 Å². The van der Waals surface area contributed by atoms with Gasteiger partial charge in [0.05, 0.1) is 17.8 Å². The van der Waals surface area contributed by atoms with Gasteiger partial charge in [0.15, 0.2) is 5.78 Å². The first-order chi connectivity index (χ1) is 15.5. The van der Waals surface area contributed by atoms with E-state index in [9.17, 15) is 20.1 Å². The Hall–Kier alpha value is -0.970. The summed E-state index contributed by atoms with van der Waals surface area (Å²) in [6, 6.07) is 0. The average Bonchev–Trinajstić information content (AvgIpc) is 2.99. The lowest BCUT2D eigenvalue weighted by atomic mass is 9.39. The van der Waals surface area contributed by atoms with Gasteiger partial charge in [0.1, 0.15) is 0 Å². The Morgan fingerprint density at radius 3 is 2.29 bits per heavy atom. The van der Waals surface area contributed by atoms with Gasteiger partial charge in [-0.2, -0.15) is 0 Å². The highest BCUT2D eigenvalue weighted by molar-refractivity contribution is 5.95. The Morgan fingerprint density at radius 2 is 1.68 bits per heavy atom. The van der Waals surface area contributed by atoms with Gasteiger partial charge in [-0.1, -0.05) is 59.3 Å². The highest BCUT2D eigenvalue weighted by Crippen LogP contribution is 2.74. The van der Waals surface area contributed by atoms with Crippen LogP contribution in [0.4, 0.5) is 0 Å². The molecule has 0 unspecified atom stereocenters. The van der Waals surface area contributed by atoms with Gasteiger partial charge in [-0.25, -0.2) is 0 Å². The van der Waals surface area contributed by atoms with Crippen molar-refractivity contribution in [1.29, 1.82) is 0 Å². The Kier molecular flexibility index (Phi) is 6.15. The number of rotatable bonds is 4. The van der Waals surface area contributed by atoms with Gasteiger partial charge in [-0.3, -0.25) is 4.79 Å². The summed E-state index contributed by atoms with van der Waals surface area (Å²) in [5, 5.41) is 31.8. The van der Waals surface area contributed by atoms with Crippen molar-refractivity contribution in [3.8, 4) is 0 Å². The predicted molar refractivity (Wildman–Crippen MR) is 136 cm³/mol. The number of carbonyl (C=O) groups excluding carboxylic acids is 1. The number of aliphatic hydroxyl groups excluding tert-OH is 2. The number of hydrogen-bond donors (Lipinski definition) is 3. The third-order valence-electron chi connectivity index (χ3n) is 11.5. The molecule has 4 nitrogen and oxygen atoms in total. The summed E-state index contributed by atoms with van der Waals surface area (Å²) >= 11 is 0. The Balaban J connectivity index is 1.69. The lowest BCUT2D eigenvalue weighted by molar-refractivity contribution is -0.165. The zero-order valence-corrected chi connectivity index (χ0v) is 22.7. The zero-order valence-electron chi connectivity index (χ0n) is 22.7. The number of carbonyl (C=O) groups is 1. The summed E-state index contributed by atoms with van der Waals surface area (Å²) in [6.45, 7) is 16.9. The molecule has 4 aliphatic carbocycles. The van der Waals surface area contributed by atoms with Gasteiger partial charge in [0, 0.05) is 11.3 Å². The molecule has 0 radical (unpaired) electrons. The molecule has 3 fully saturated rings. The van der Waals surface area contributed by atoms with E-state index in [1.54, 1.807) is 26.0 Å². The zero-order chi connectivity index (χ0) is 25.5. The van der Waals surface area contributed by atoms with E-state index in [4.69, 9.17) is 0 Å². The fourth-order valence-electron chi connectivity index (χ4n) is 9.12. The van der Waals surface area contributed by atoms with E-state index in [1.165, 1.54) is 5.57 Å². The van der Waals surface area contributed by atoms with Crippen LogP contribution in [-0.4, -0.2) is 38.9 Å². The molecule has 9 atom stereocenters. The minimum Gasteiger partial charge on any atom is -0.392 e. The summed E-state index contributed by atoms with van der Waals surface area (Å²) in [4.78, 5) is 14.0. The van der Waals surface area contributed by atoms with Crippen molar-refractivity contribution in [3.05, 3.63) is 23.8 Å². The van der Waals surface area contributed by atoms with E-state index in [1.807, 2.05) is 6.08 Å². The monoisotopic (exact) mass is 472 g/mol. The van der Waals surface area contributed by atoms with E-state index in [2.05, 4.69) is 41.5 Å². The molecule has 3 N–H and O–H groups in total. The predicted octanol–water partition coefficient (Wildman–Crippen LogP) is 5.46. The summed E-state index contributed by atoms with van der Waals surface area (Å²) in [5.41, 5.74) is -0.329. The molecule has 4 rings (SSSR count). The molecule has 0 aliphatic heterocycles. The molecule has 192 valence electrons. The van der Waals surface area contributed by atoms with Crippen molar-refractivity contribution in [2.24, 2.45) is 45.3 Å². The third kappa shape index (κ3) is 3.61. The van der Waals surface area contributed by atoms with E-state index in [0.717, 1.165) is 38.5 Å². The van der Waals surface area contributed by atoms with E-state index in [-0.39, 0.29) is 45.4 Å². The molecule has 3 saturated carbocycles. The normalized spacial score (nSPS) is 45.9. The molecule has 34 heavy (non-hydrogen) atoms. The molecule has 0 spiro atoms. The van der Waals surface area contributed by atoms with E-state index in [0.29, 0.717) is 11.8 Å². The minimum absolute atomic E-state index is 0.0141. The number of allylic oxidation sites excluding steroid dienone is 1. The lowest BCUT2D eigenvalue weighted by Gasteiger charge is -2.65. The van der Waals surface area contributed by atoms with Gasteiger partial charge < -0.3 is 15.3 Å². The van der Waals surface area contributed by atoms with Gasteiger partial charge in [0.2, 0.25) is 0 Å². The van der Waals surface area contributed by atoms with Crippen LogP contribution in [0, 0.1) is 45.3 Å². The minimum atomic E-state index is -0.943. The molecule has 0 aromatic heterocycles. The third-order valence-corrected chi connectivity index (χ3v) is 11.5. The molecule has 0 amide bonds. The lowest BCUT2D eigenvalue weighted by Crippen LogP contribution is -2.62. The summed E-state index contributed by atoms with van der Waals surface area (Å²) in [5.74, 6) is 0.987. The second-order valence-corrected chi connectivity index (χ2v) is 14.2. The Bertz CT molecular complexity index is 894. The second kappa shape index (κ2) is 8.02. The molecule has 0 bridgehead atoms. The fourth-order valence-corrected chi connectivity index (χ4v) is 9.12. The largest absolute Gasteiger partial charge is 0.392 e. The van der Waals surface area contributed by atoms with Crippen LogP contribution in [0.1, 0.15) is 93.9 Å². The summed E-state index contributed by atoms with van der Waals surface area (Å²) < 4.78 is 0. The maximum Gasteiger partial charge on any atom is 0.159 e. The maximum atomic E-state index is 14.0. The van der Waals surface area contributed by atoms with Crippen LogP contribution in [0.5, 0.6) is 0 Å². The van der Waals surface area contributed by atoms with Crippen molar-refractivity contribution >= 4 is 5.78 Å². The number of hydrogen-bond acceptors (Lipinski definition) is 4. The smallest absolute Gasteiger partial charge is 0.159 e. The SMILES string of the molecule is C[C@H]([C@H](O)/C=C/C(C)(C)O)[C@@H]1CC[C@@]2(C)[C@H]3C(=O)C=C4[C@H](CC[C@H](O)C4(C)C)[C@]3(C)CC[C@]12C. The summed E-state index contributed by atoms with van der Waals surface area (Å²) in [7, 11) is 0. The first-order valence-electron chi connectivity index (χ1n) is 13.5. The highest BCUT2D eigenvalue weighted by Gasteiger charge is 2.69. The molecule has 4 heteroatoms. The second-order valence-electron chi connectivity index (χ2n) is 14.2. The first-order valence-corrected chi connectivity index (χ1v) is 13.5. The molecule has 0 saturated heterocycles. The van der Waals surface area contributed by atoms with Gasteiger partial charge in [-0.05, 0) is 92.4 Å². The highest BCUT2D eigenvalue weighted by atomic mass is 16.3. The van der Waals surface area contributed by atoms with Crippen LogP contribution in [0.25, 0.3) is 0 Å². The Labute approximate surface area is 206 Å². The topological polar surface area (TPSA) is 77.8 Å². The standard InChI is InChI=1S/C30H48O4/c1-18(22(31)12-13-26(2,3)34)19-11-14-30(8)25-23(32)17-21-20(9-10-24(33)27(21,4)5)28(25,6)15-16-29(19,30)7/h12-13,17-20,22,24-25,31,33-34H,9-11,14-16H2,1-8H3/b13-12+/t18-,19-,20-,22+,24-,25-,28-,29+,30-/m0/s1. The van der Waals surface area contributed by atoms with Crippen LogP contribution in [-0.2, 0) is 4.79 Å². The van der Waals surface area contributed by atoms with Crippen molar-refractivity contribution < 1.29 is 20.1 Å². The molecule has 0 aromatic carbocycles. The quantitative estimate of drug-likeness (QED) is 0.475. The Morgan fingerprint density at radius 1 is 1.03 bits per heavy atom. The number of fused-ring (bicyclic) bond motifs is 5. The van der Waals surface area contributed by atoms with Crippen LogP contribution in [0.15, 0.2) is 23.8 Å². The molecule has 4 aliphatic rings. The van der Waals surface area contributed by atoms with Crippen molar-refractivity contribution in [2.75, 3.05) is 0 Å². The van der Waals surface area contributed by atoms with E-state index >= 15 is 0 Å². The maximum absolute atomic E-state index is 14.0. The van der Waals surface area contributed by atoms with Gasteiger partial charge in [0.25, 0.3) is 0 Å². The average molecular weight is 473 g/mol.